The van der Waals surface area contributed by atoms with Crippen molar-refractivity contribution in [2.24, 2.45) is 17.1 Å². The molecule has 2 heteroatoms. The van der Waals surface area contributed by atoms with Gasteiger partial charge in [0, 0.05) is 4.90 Å². The maximum Gasteiger partial charge on any atom is 0.00719 e. The Labute approximate surface area is 135 Å². The third-order valence-electron chi connectivity index (χ3n) is 5.21. The minimum atomic E-state index is 0.435. The standard InChI is InChI=1S/C19H31NS/c1-2-3-7-17-10-12-19(16-20,13-11-17)14-15-21-18-8-5-4-6-9-18/h4-6,8-9,17H,2-3,7,10-16,20H2,1H3. The van der Waals surface area contributed by atoms with Crippen molar-refractivity contribution in [3.05, 3.63) is 30.3 Å². The van der Waals surface area contributed by atoms with Crippen LogP contribution >= 0.6 is 11.8 Å². The molecular formula is C19H31NS. The first-order valence-corrected chi connectivity index (χ1v) is 9.64. The van der Waals surface area contributed by atoms with Gasteiger partial charge in [-0.25, -0.2) is 0 Å². The molecule has 1 aliphatic carbocycles. The smallest absolute Gasteiger partial charge is 0.00719 e. The van der Waals surface area contributed by atoms with Crippen molar-refractivity contribution in [3.63, 3.8) is 0 Å². The fourth-order valence-corrected chi connectivity index (χ4v) is 4.65. The lowest BCUT2D eigenvalue weighted by molar-refractivity contribution is 0.146. The van der Waals surface area contributed by atoms with E-state index in [0.717, 1.165) is 12.5 Å². The van der Waals surface area contributed by atoms with Crippen molar-refractivity contribution in [1.29, 1.82) is 0 Å². The lowest BCUT2D eigenvalue weighted by Crippen LogP contribution is -2.35. The van der Waals surface area contributed by atoms with Crippen molar-refractivity contribution in [1.82, 2.24) is 0 Å². The fraction of sp³-hybridized carbons (Fsp3) is 0.684. The minimum Gasteiger partial charge on any atom is -0.330 e. The van der Waals surface area contributed by atoms with Crippen LogP contribution in [-0.2, 0) is 0 Å². The van der Waals surface area contributed by atoms with Crippen LogP contribution in [0.1, 0.15) is 58.3 Å². The first kappa shape index (κ1) is 16.9. The molecule has 0 amide bonds. The fourth-order valence-electron chi connectivity index (χ4n) is 3.53. The van der Waals surface area contributed by atoms with Crippen molar-refractivity contribution in [2.75, 3.05) is 12.3 Å². The Kier molecular flexibility index (Phi) is 7.12. The first-order chi connectivity index (χ1) is 10.3. The molecular weight excluding hydrogens is 274 g/mol. The molecule has 0 spiro atoms. The van der Waals surface area contributed by atoms with Gasteiger partial charge < -0.3 is 5.73 Å². The summed E-state index contributed by atoms with van der Waals surface area (Å²) in [7, 11) is 0. The van der Waals surface area contributed by atoms with Crippen LogP contribution < -0.4 is 5.73 Å². The van der Waals surface area contributed by atoms with Gasteiger partial charge in [0.15, 0.2) is 0 Å². The third kappa shape index (κ3) is 5.34. The predicted molar refractivity (Wildman–Crippen MR) is 94.8 cm³/mol. The van der Waals surface area contributed by atoms with E-state index in [1.54, 1.807) is 0 Å². The molecule has 0 aliphatic heterocycles. The SMILES string of the molecule is CCCCC1CCC(CN)(CCSc2ccccc2)CC1. The lowest BCUT2D eigenvalue weighted by atomic mass is 9.68. The van der Waals surface area contributed by atoms with Crippen LogP contribution in [0.4, 0.5) is 0 Å². The molecule has 21 heavy (non-hydrogen) atoms. The second-order valence-electron chi connectivity index (χ2n) is 6.70. The van der Waals surface area contributed by atoms with Crippen LogP contribution in [0.25, 0.3) is 0 Å². The molecule has 118 valence electrons. The van der Waals surface area contributed by atoms with E-state index < -0.39 is 0 Å². The highest BCUT2D eigenvalue weighted by molar-refractivity contribution is 7.99. The van der Waals surface area contributed by atoms with Gasteiger partial charge in [-0.2, -0.15) is 0 Å². The zero-order chi connectivity index (χ0) is 15.0. The van der Waals surface area contributed by atoms with E-state index in [0.29, 0.717) is 5.41 Å². The Morgan fingerprint density at radius 3 is 2.52 bits per heavy atom. The summed E-state index contributed by atoms with van der Waals surface area (Å²) in [6.45, 7) is 3.18. The molecule has 2 N–H and O–H groups in total. The molecule has 1 aromatic carbocycles. The molecule has 0 atom stereocenters. The Morgan fingerprint density at radius 1 is 1.19 bits per heavy atom. The minimum absolute atomic E-state index is 0.435. The summed E-state index contributed by atoms with van der Waals surface area (Å²) in [4.78, 5) is 1.39. The Balaban J connectivity index is 1.75. The average molecular weight is 306 g/mol. The second-order valence-corrected chi connectivity index (χ2v) is 7.87. The number of hydrogen-bond acceptors (Lipinski definition) is 2. The van der Waals surface area contributed by atoms with Gasteiger partial charge in [-0.3, -0.25) is 0 Å². The van der Waals surface area contributed by atoms with Crippen molar-refractivity contribution >= 4 is 11.8 Å². The summed E-state index contributed by atoms with van der Waals surface area (Å²) >= 11 is 1.99. The van der Waals surface area contributed by atoms with E-state index in [-0.39, 0.29) is 0 Å². The van der Waals surface area contributed by atoms with Gasteiger partial charge in [-0.15, -0.1) is 11.8 Å². The molecule has 1 aromatic rings. The van der Waals surface area contributed by atoms with Crippen LogP contribution in [-0.4, -0.2) is 12.3 Å². The van der Waals surface area contributed by atoms with Crippen LogP contribution in [0.15, 0.2) is 35.2 Å². The first-order valence-electron chi connectivity index (χ1n) is 8.66. The number of thioether (sulfide) groups is 1. The monoisotopic (exact) mass is 305 g/mol. The molecule has 0 unspecified atom stereocenters. The van der Waals surface area contributed by atoms with Crippen LogP contribution in [0.2, 0.25) is 0 Å². The predicted octanol–water partition coefficient (Wildman–Crippen LogP) is 5.49. The molecule has 1 fully saturated rings. The van der Waals surface area contributed by atoms with E-state index in [2.05, 4.69) is 37.3 Å². The van der Waals surface area contributed by atoms with Gasteiger partial charge >= 0.3 is 0 Å². The maximum absolute atomic E-state index is 6.15. The highest BCUT2D eigenvalue weighted by Gasteiger charge is 2.33. The zero-order valence-electron chi connectivity index (χ0n) is 13.5. The zero-order valence-corrected chi connectivity index (χ0v) is 14.3. The van der Waals surface area contributed by atoms with Gasteiger partial charge in [0.1, 0.15) is 0 Å². The Hall–Kier alpha value is -0.470. The van der Waals surface area contributed by atoms with Gasteiger partial charge in [0.25, 0.3) is 0 Å². The highest BCUT2D eigenvalue weighted by Crippen LogP contribution is 2.43. The third-order valence-corrected chi connectivity index (χ3v) is 6.22. The molecule has 0 aromatic heterocycles. The summed E-state index contributed by atoms with van der Waals surface area (Å²) < 4.78 is 0. The average Bonchev–Trinajstić information content (AvgIpc) is 2.55. The van der Waals surface area contributed by atoms with E-state index in [4.69, 9.17) is 5.73 Å². The van der Waals surface area contributed by atoms with Crippen molar-refractivity contribution in [2.45, 2.75) is 63.2 Å². The lowest BCUT2D eigenvalue weighted by Gasteiger charge is -2.39. The molecule has 1 aliphatic rings. The van der Waals surface area contributed by atoms with Crippen LogP contribution in [0.3, 0.4) is 0 Å². The summed E-state index contributed by atoms with van der Waals surface area (Å²) in [6, 6.07) is 10.8. The normalized spacial score (nSPS) is 25.9. The maximum atomic E-state index is 6.15. The Bertz CT molecular complexity index is 382. The number of rotatable bonds is 8. The van der Waals surface area contributed by atoms with Gasteiger partial charge in [-0.1, -0.05) is 44.4 Å². The topological polar surface area (TPSA) is 26.0 Å². The van der Waals surface area contributed by atoms with Crippen LogP contribution in [0, 0.1) is 11.3 Å². The van der Waals surface area contributed by atoms with E-state index in [1.165, 1.54) is 62.0 Å². The highest BCUT2D eigenvalue weighted by atomic mass is 32.2. The molecule has 0 bridgehead atoms. The van der Waals surface area contributed by atoms with E-state index in [1.807, 2.05) is 11.8 Å². The molecule has 0 heterocycles. The van der Waals surface area contributed by atoms with Gasteiger partial charge in [-0.05, 0) is 67.9 Å². The number of nitrogens with two attached hydrogens (primary N) is 1. The quantitative estimate of drug-likeness (QED) is 0.642. The summed E-state index contributed by atoms with van der Waals surface area (Å²) in [6.07, 6.45) is 11.0. The molecule has 2 rings (SSSR count). The number of benzene rings is 1. The summed E-state index contributed by atoms with van der Waals surface area (Å²) in [5.41, 5.74) is 6.59. The summed E-state index contributed by atoms with van der Waals surface area (Å²) in [5.74, 6) is 2.19. The molecule has 0 saturated heterocycles. The van der Waals surface area contributed by atoms with Gasteiger partial charge in [0.05, 0.1) is 0 Å². The van der Waals surface area contributed by atoms with Crippen molar-refractivity contribution in [3.8, 4) is 0 Å². The van der Waals surface area contributed by atoms with E-state index in [9.17, 15) is 0 Å². The summed E-state index contributed by atoms with van der Waals surface area (Å²) in [5, 5.41) is 0. The van der Waals surface area contributed by atoms with Crippen molar-refractivity contribution < 1.29 is 0 Å². The number of unbranched alkanes of at least 4 members (excludes halogenated alkanes) is 1. The second kappa shape index (κ2) is 8.85. The molecule has 0 radical (unpaired) electrons. The van der Waals surface area contributed by atoms with Gasteiger partial charge in [0.2, 0.25) is 0 Å². The molecule has 1 nitrogen and oxygen atoms in total. The van der Waals surface area contributed by atoms with Crippen LogP contribution in [0.5, 0.6) is 0 Å². The number of hydrogen-bond donors (Lipinski definition) is 1. The van der Waals surface area contributed by atoms with E-state index >= 15 is 0 Å². The molecule has 1 saturated carbocycles. The largest absolute Gasteiger partial charge is 0.330 e. The Morgan fingerprint density at radius 2 is 1.90 bits per heavy atom.